The molecule has 0 aliphatic rings. The van der Waals surface area contributed by atoms with Crippen LogP contribution >= 0.6 is 0 Å². The minimum atomic E-state index is -1.15. The van der Waals surface area contributed by atoms with Crippen LogP contribution in [-0.4, -0.2) is 36.1 Å². The summed E-state index contributed by atoms with van der Waals surface area (Å²) in [4.78, 5) is 46.6. The molecule has 0 aliphatic carbocycles. The van der Waals surface area contributed by atoms with Gasteiger partial charge < -0.3 is 29.3 Å². The van der Waals surface area contributed by atoms with Crippen LogP contribution in [0.5, 0.6) is 0 Å². The van der Waals surface area contributed by atoms with Crippen molar-refractivity contribution >= 4 is 23.9 Å². The number of rotatable bonds is 33. The zero-order chi connectivity index (χ0) is 34.5. The Kier molecular flexibility index (Phi) is 27.7. The van der Waals surface area contributed by atoms with Crippen LogP contribution in [0.15, 0.2) is 0 Å². The van der Waals surface area contributed by atoms with E-state index >= 15 is 0 Å². The largest absolute Gasteiger partial charge is 0.550 e. The second kappa shape index (κ2) is 29.1. The molecular formula is C38H68O8-2. The van der Waals surface area contributed by atoms with Crippen LogP contribution in [0.25, 0.3) is 0 Å². The molecule has 0 heterocycles. The Hall–Kier alpha value is -2.12. The van der Waals surface area contributed by atoms with E-state index in [1.54, 1.807) is 0 Å². The molecule has 0 rings (SSSR count). The standard InChI is InChI=1S/C38H70O8/c1-5-9-22-32(23-10-6-2)38(33(24-11-7-3)25-12-8-4,46-37(44)29-21-27-35(41)42)30-18-16-14-13-15-17-19-31-45-36(43)28-20-26-34(39)40/h32-33H,5-31H2,1-4H3,(H,39,40)(H,41,42)/p-2. The smallest absolute Gasteiger partial charge is 0.306 e. The number of hydrogen-bond donors (Lipinski definition) is 0. The predicted molar refractivity (Wildman–Crippen MR) is 180 cm³/mol. The lowest BCUT2D eigenvalue weighted by molar-refractivity contribution is -0.307. The number of unbranched alkanes of at least 4 members (excludes halogenated alkanes) is 10. The number of hydrogen-bond acceptors (Lipinski definition) is 8. The van der Waals surface area contributed by atoms with Gasteiger partial charge >= 0.3 is 11.9 Å². The molecule has 8 nitrogen and oxygen atoms in total. The van der Waals surface area contributed by atoms with E-state index in [1.165, 1.54) is 0 Å². The van der Waals surface area contributed by atoms with Crippen LogP contribution < -0.4 is 10.2 Å². The van der Waals surface area contributed by atoms with Gasteiger partial charge in [0.2, 0.25) is 0 Å². The lowest BCUT2D eigenvalue weighted by atomic mass is 9.66. The van der Waals surface area contributed by atoms with Gasteiger partial charge in [-0.25, -0.2) is 0 Å². The van der Waals surface area contributed by atoms with Crippen molar-refractivity contribution in [1.82, 2.24) is 0 Å². The van der Waals surface area contributed by atoms with Crippen molar-refractivity contribution < 1.29 is 38.9 Å². The third kappa shape index (κ3) is 21.6. The summed E-state index contributed by atoms with van der Waals surface area (Å²) in [7, 11) is 0. The first kappa shape index (κ1) is 43.9. The molecule has 0 unspecified atom stereocenters. The van der Waals surface area contributed by atoms with Gasteiger partial charge in [0.15, 0.2) is 0 Å². The second-order valence-electron chi connectivity index (χ2n) is 13.3. The summed E-state index contributed by atoms with van der Waals surface area (Å²) in [5, 5.41) is 21.5. The van der Waals surface area contributed by atoms with Gasteiger partial charge in [0.05, 0.1) is 6.61 Å². The van der Waals surface area contributed by atoms with Crippen molar-refractivity contribution in [2.45, 2.75) is 200 Å². The number of aliphatic carboxylic acids is 2. The molecule has 8 heteroatoms. The minimum absolute atomic E-state index is 0.111. The lowest BCUT2D eigenvalue weighted by Gasteiger charge is -2.47. The number of esters is 2. The third-order valence-corrected chi connectivity index (χ3v) is 9.31. The highest BCUT2D eigenvalue weighted by Gasteiger charge is 2.46. The molecule has 0 fully saturated rings. The zero-order valence-corrected chi connectivity index (χ0v) is 30.0. The summed E-state index contributed by atoms with van der Waals surface area (Å²) >= 11 is 0. The van der Waals surface area contributed by atoms with E-state index in [0.29, 0.717) is 18.4 Å². The van der Waals surface area contributed by atoms with Gasteiger partial charge in [-0.15, -0.1) is 0 Å². The second-order valence-corrected chi connectivity index (χ2v) is 13.3. The lowest BCUT2D eigenvalue weighted by Crippen LogP contribution is -2.49. The highest BCUT2D eigenvalue weighted by atomic mass is 16.6. The summed E-state index contributed by atoms with van der Waals surface area (Å²) in [6, 6.07) is 0. The molecule has 270 valence electrons. The Morgan fingerprint density at radius 3 is 1.30 bits per heavy atom. The maximum absolute atomic E-state index is 13.4. The molecule has 0 amide bonds. The quantitative estimate of drug-likeness (QED) is 0.0519. The maximum Gasteiger partial charge on any atom is 0.306 e. The molecule has 0 aromatic carbocycles. The first-order chi connectivity index (χ1) is 22.2. The SMILES string of the molecule is CCCCC(CCCC)C(CCCCCCCCCOC(=O)CCCC(=O)[O-])(OC(=O)CCCC(=O)[O-])C(CCCC)CCCC. The Bertz CT molecular complexity index is 760. The van der Waals surface area contributed by atoms with Gasteiger partial charge in [0.25, 0.3) is 0 Å². The molecule has 0 bridgehead atoms. The van der Waals surface area contributed by atoms with Crippen molar-refractivity contribution in [2.24, 2.45) is 11.8 Å². The minimum Gasteiger partial charge on any atom is -0.550 e. The van der Waals surface area contributed by atoms with Crippen LogP contribution in [0.2, 0.25) is 0 Å². The number of carboxylic acids is 2. The van der Waals surface area contributed by atoms with Crippen molar-refractivity contribution in [3.63, 3.8) is 0 Å². The van der Waals surface area contributed by atoms with E-state index in [0.717, 1.165) is 128 Å². The monoisotopic (exact) mass is 652 g/mol. The molecule has 46 heavy (non-hydrogen) atoms. The summed E-state index contributed by atoms with van der Waals surface area (Å²) in [6.45, 7) is 9.26. The van der Waals surface area contributed by atoms with Gasteiger partial charge in [-0.3, -0.25) is 9.59 Å². The number of carbonyl (C=O) groups is 4. The topological polar surface area (TPSA) is 133 Å². The molecule has 0 aromatic heterocycles. The van der Waals surface area contributed by atoms with E-state index in [1.807, 2.05) is 0 Å². The summed E-state index contributed by atoms with van der Waals surface area (Å²) < 4.78 is 11.9. The number of carboxylic acid groups (broad SMARTS) is 2. The van der Waals surface area contributed by atoms with E-state index in [-0.39, 0.29) is 50.5 Å². The molecule has 0 radical (unpaired) electrons. The van der Waals surface area contributed by atoms with Gasteiger partial charge in [-0.2, -0.15) is 0 Å². The van der Waals surface area contributed by atoms with Crippen LogP contribution in [0, 0.1) is 11.8 Å². The fourth-order valence-corrected chi connectivity index (χ4v) is 6.69. The summed E-state index contributed by atoms with van der Waals surface area (Å²) in [5.74, 6) is -2.27. The molecule has 0 saturated heterocycles. The van der Waals surface area contributed by atoms with Gasteiger partial charge in [0, 0.05) is 24.8 Å². The van der Waals surface area contributed by atoms with Crippen molar-refractivity contribution in [3.05, 3.63) is 0 Å². The number of ether oxygens (including phenoxy) is 2. The normalized spacial score (nSPS) is 11.7. The Balaban J connectivity index is 5.48. The molecule has 0 aliphatic heterocycles. The Morgan fingerprint density at radius 1 is 0.500 bits per heavy atom. The maximum atomic E-state index is 13.4. The highest BCUT2D eigenvalue weighted by molar-refractivity contribution is 5.71. The zero-order valence-electron chi connectivity index (χ0n) is 30.0. The van der Waals surface area contributed by atoms with Gasteiger partial charge in [-0.1, -0.05) is 111 Å². The number of carbonyl (C=O) groups excluding carboxylic acids is 4. The van der Waals surface area contributed by atoms with Gasteiger partial charge in [-0.05, 0) is 82.5 Å². The molecule has 0 spiro atoms. The summed E-state index contributed by atoms with van der Waals surface area (Å²) in [6.07, 6.45) is 21.5. The van der Waals surface area contributed by atoms with Crippen molar-refractivity contribution in [3.8, 4) is 0 Å². The third-order valence-electron chi connectivity index (χ3n) is 9.31. The molecule has 0 aromatic rings. The van der Waals surface area contributed by atoms with E-state index in [2.05, 4.69) is 27.7 Å². The average Bonchev–Trinajstić information content (AvgIpc) is 3.01. The van der Waals surface area contributed by atoms with Crippen molar-refractivity contribution in [2.75, 3.05) is 6.61 Å². The summed E-state index contributed by atoms with van der Waals surface area (Å²) in [5.41, 5.74) is -0.516. The molecule has 0 N–H and O–H groups in total. The van der Waals surface area contributed by atoms with Crippen LogP contribution in [0.1, 0.15) is 195 Å². The predicted octanol–water partition coefficient (Wildman–Crippen LogP) is 7.77. The Morgan fingerprint density at radius 2 is 0.891 bits per heavy atom. The fourth-order valence-electron chi connectivity index (χ4n) is 6.69. The van der Waals surface area contributed by atoms with Crippen LogP contribution in [-0.2, 0) is 28.7 Å². The van der Waals surface area contributed by atoms with E-state index in [4.69, 9.17) is 9.47 Å². The average molecular weight is 653 g/mol. The molecule has 0 saturated carbocycles. The van der Waals surface area contributed by atoms with E-state index < -0.39 is 17.5 Å². The Labute approximate surface area is 281 Å². The van der Waals surface area contributed by atoms with Crippen molar-refractivity contribution in [1.29, 1.82) is 0 Å². The van der Waals surface area contributed by atoms with Crippen LogP contribution in [0.4, 0.5) is 0 Å². The van der Waals surface area contributed by atoms with Crippen LogP contribution in [0.3, 0.4) is 0 Å². The van der Waals surface area contributed by atoms with Gasteiger partial charge in [0.1, 0.15) is 5.60 Å². The first-order valence-electron chi connectivity index (χ1n) is 18.9. The van der Waals surface area contributed by atoms with E-state index in [9.17, 15) is 29.4 Å². The fraction of sp³-hybridized carbons (Fsp3) is 0.895. The molecule has 0 atom stereocenters. The highest BCUT2D eigenvalue weighted by Crippen LogP contribution is 2.46. The first-order valence-corrected chi connectivity index (χ1v) is 18.9. The molecular weight excluding hydrogens is 584 g/mol.